The monoisotopic (exact) mass is 465 g/mol. The van der Waals surface area contributed by atoms with E-state index in [1.807, 2.05) is 30.3 Å². The van der Waals surface area contributed by atoms with Gasteiger partial charge < -0.3 is 10.3 Å². The molecule has 0 unspecified atom stereocenters. The lowest BCUT2D eigenvalue weighted by molar-refractivity contribution is -0.385. The molecular formula is C22H16ClN5O3S. The number of nitrogens with one attached hydrogen (secondary N) is 3. The third kappa shape index (κ3) is 4.29. The number of benzene rings is 3. The van der Waals surface area contributed by atoms with E-state index in [2.05, 4.69) is 20.6 Å². The molecule has 0 aliphatic carbocycles. The number of H-pyrrole nitrogens is 1. The average molecular weight is 466 g/mol. The van der Waals surface area contributed by atoms with Crippen molar-refractivity contribution in [1.29, 1.82) is 0 Å². The zero-order valence-electron chi connectivity index (χ0n) is 16.7. The van der Waals surface area contributed by atoms with Crippen LogP contribution in [0.1, 0.15) is 15.9 Å². The maximum atomic E-state index is 12.6. The van der Waals surface area contributed by atoms with Gasteiger partial charge in [-0.2, -0.15) is 0 Å². The number of hydrogen-bond donors (Lipinski definition) is 3. The van der Waals surface area contributed by atoms with Crippen molar-refractivity contribution in [1.82, 2.24) is 15.3 Å². The molecule has 0 aliphatic rings. The second kappa shape index (κ2) is 8.74. The fourth-order valence-electron chi connectivity index (χ4n) is 3.25. The molecular weight excluding hydrogens is 450 g/mol. The number of amides is 1. The molecule has 0 fully saturated rings. The summed E-state index contributed by atoms with van der Waals surface area (Å²) in [6.45, 7) is 1.51. The first kappa shape index (κ1) is 21.4. The molecule has 0 bridgehead atoms. The van der Waals surface area contributed by atoms with Crippen LogP contribution in [0.3, 0.4) is 0 Å². The normalized spacial score (nSPS) is 10.7. The van der Waals surface area contributed by atoms with Crippen LogP contribution in [-0.4, -0.2) is 25.9 Å². The fraction of sp³-hybridized carbons (Fsp3) is 0.0455. The Kier molecular flexibility index (Phi) is 5.85. The largest absolute Gasteiger partial charge is 0.338 e. The number of thiocarbonyl (C=S) groups is 1. The third-order valence-corrected chi connectivity index (χ3v) is 5.38. The van der Waals surface area contributed by atoms with Crippen LogP contribution in [0.5, 0.6) is 0 Å². The molecule has 0 aliphatic heterocycles. The number of aromatic nitrogens is 2. The van der Waals surface area contributed by atoms with Gasteiger partial charge in [-0.1, -0.05) is 29.8 Å². The summed E-state index contributed by atoms with van der Waals surface area (Å²) in [5, 5.41) is 17.0. The first-order valence-corrected chi connectivity index (χ1v) is 10.2. The summed E-state index contributed by atoms with van der Waals surface area (Å²) < 4.78 is 0. The highest BCUT2D eigenvalue weighted by Gasteiger charge is 2.19. The number of anilines is 1. The minimum absolute atomic E-state index is 0.00422. The lowest BCUT2D eigenvalue weighted by atomic mass is 10.1. The Morgan fingerprint density at radius 2 is 1.94 bits per heavy atom. The predicted octanol–water partition coefficient (Wildman–Crippen LogP) is 5.23. The maximum Gasteiger partial charge on any atom is 0.273 e. The van der Waals surface area contributed by atoms with E-state index in [-0.39, 0.29) is 21.9 Å². The second-order valence-corrected chi connectivity index (χ2v) is 7.73. The molecule has 0 radical (unpaired) electrons. The van der Waals surface area contributed by atoms with Crippen LogP contribution in [0.2, 0.25) is 5.02 Å². The molecule has 3 aromatic carbocycles. The van der Waals surface area contributed by atoms with E-state index >= 15 is 0 Å². The Bertz CT molecular complexity index is 1350. The number of carbonyl (C=O) groups is 1. The van der Waals surface area contributed by atoms with Crippen molar-refractivity contribution in [2.75, 3.05) is 5.32 Å². The minimum atomic E-state index is -0.562. The van der Waals surface area contributed by atoms with Crippen molar-refractivity contribution in [2.24, 2.45) is 0 Å². The van der Waals surface area contributed by atoms with Crippen LogP contribution in [0, 0.1) is 17.0 Å². The number of aromatic amines is 1. The van der Waals surface area contributed by atoms with Gasteiger partial charge in [0.25, 0.3) is 11.6 Å². The molecule has 0 saturated heterocycles. The highest BCUT2D eigenvalue weighted by Crippen LogP contribution is 2.29. The van der Waals surface area contributed by atoms with E-state index < -0.39 is 10.8 Å². The zero-order valence-corrected chi connectivity index (χ0v) is 18.3. The fourth-order valence-corrected chi connectivity index (χ4v) is 3.62. The lowest BCUT2D eigenvalue weighted by Crippen LogP contribution is -2.34. The molecule has 4 rings (SSSR count). The van der Waals surface area contributed by atoms with Gasteiger partial charge in [0.15, 0.2) is 5.11 Å². The lowest BCUT2D eigenvalue weighted by Gasteiger charge is -2.13. The van der Waals surface area contributed by atoms with Gasteiger partial charge in [0.05, 0.1) is 26.7 Å². The summed E-state index contributed by atoms with van der Waals surface area (Å²) in [5.74, 6) is 0.0985. The summed E-state index contributed by atoms with van der Waals surface area (Å²) in [5.41, 5.74) is 3.26. The van der Waals surface area contributed by atoms with E-state index in [0.29, 0.717) is 16.5 Å². The third-order valence-electron chi connectivity index (χ3n) is 4.85. The molecule has 1 aromatic heterocycles. The van der Waals surface area contributed by atoms with Gasteiger partial charge in [-0.05, 0) is 55.5 Å². The van der Waals surface area contributed by atoms with E-state index in [1.165, 1.54) is 25.1 Å². The summed E-state index contributed by atoms with van der Waals surface area (Å²) in [7, 11) is 0. The Morgan fingerprint density at radius 3 is 2.69 bits per heavy atom. The summed E-state index contributed by atoms with van der Waals surface area (Å²) in [4.78, 5) is 31.0. The van der Waals surface area contributed by atoms with Gasteiger partial charge in [0.1, 0.15) is 5.82 Å². The quantitative estimate of drug-likeness (QED) is 0.216. The Hall–Kier alpha value is -3.82. The van der Waals surface area contributed by atoms with Crippen molar-refractivity contribution in [2.45, 2.75) is 6.92 Å². The van der Waals surface area contributed by atoms with Gasteiger partial charge >= 0.3 is 0 Å². The molecule has 10 heteroatoms. The molecule has 1 heterocycles. The van der Waals surface area contributed by atoms with Gasteiger partial charge in [0.2, 0.25) is 0 Å². The highest BCUT2D eigenvalue weighted by atomic mass is 35.5. The molecule has 160 valence electrons. The number of imidazole rings is 1. The standard InChI is InChI=1S/C22H16ClN5O3S/c1-12-14(5-4-8-19(12)28(30)31)21(29)27-22(32)26-18-11-13(9-10-15(18)23)20-24-16-6-2-3-7-17(16)25-20/h2-11H,1H3,(H,24,25)(H2,26,27,29,32). The number of halogens is 1. The van der Waals surface area contributed by atoms with Crippen LogP contribution < -0.4 is 10.6 Å². The number of rotatable bonds is 4. The van der Waals surface area contributed by atoms with E-state index in [0.717, 1.165) is 16.6 Å². The van der Waals surface area contributed by atoms with Crippen molar-refractivity contribution >= 4 is 57.2 Å². The predicted molar refractivity (Wildman–Crippen MR) is 128 cm³/mol. The highest BCUT2D eigenvalue weighted by molar-refractivity contribution is 7.80. The number of nitro groups is 1. The van der Waals surface area contributed by atoms with Gasteiger partial charge in [0, 0.05) is 22.8 Å². The topological polar surface area (TPSA) is 113 Å². The van der Waals surface area contributed by atoms with Crippen molar-refractivity contribution < 1.29 is 9.72 Å². The van der Waals surface area contributed by atoms with Crippen LogP contribution in [0.4, 0.5) is 11.4 Å². The number of fused-ring (bicyclic) bond motifs is 1. The van der Waals surface area contributed by atoms with E-state index in [1.54, 1.807) is 12.1 Å². The molecule has 0 spiro atoms. The maximum absolute atomic E-state index is 12.6. The molecule has 3 N–H and O–H groups in total. The van der Waals surface area contributed by atoms with Crippen LogP contribution in [0.25, 0.3) is 22.4 Å². The van der Waals surface area contributed by atoms with Gasteiger partial charge in [-0.15, -0.1) is 0 Å². The number of hydrogen-bond acceptors (Lipinski definition) is 5. The Labute approximate surface area is 192 Å². The first-order chi connectivity index (χ1) is 15.3. The molecule has 8 nitrogen and oxygen atoms in total. The number of carbonyl (C=O) groups excluding carboxylic acids is 1. The van der Waals surface area contributed by atoms with Gasteiger partial charge in [-0.25, -0.2) is 4.98 Å². The Balaban J connectivity index is 1.53. The van der Waals surface area contributed by atoms with E-state index in [9.17, 15) is 14.9 Å². The summed E-state index contributed by atoms with van der Waals surface area (Å²) >= 11 is 11.6. The second-order valence-electron chi connectivity index (χ2n) is 6.91. The van der Waals surface area contributed by atoms with Crippen LogP contribution >= 0.6 is 23.8 Å². The average Bonchev–Trinajstić information content (AvgIpc) is 3.19. The number of nitro benzene ring substituents is 1. The summed E-state index contributed by atoms with van der Waals surface area (Å²) in [6, 6.07) is 17.2. The number of para-hydroxylation sites is 2. The van der Waals surface area contributed by atoms with Gasteiger partial charge in [-0.3, -0.25) is 20.2 Å². The van der Waals surface area contributed by atoms with Crippen LogP contribution in [-0.2, 0) is 0 Å². The first-order valence-electron chi connectivity index (χ1n) is 9.44. The Morgan fingerprint density at radius 1 is 1.16 bits per heavy atom. The molecule has 1 amide bonds. The summed E-state index contributed by atoms with van der Waals surface area (Å²) in [6.07, 6.45) is 0. The van der Waals surface area contributed by atoms with Crippen molar-refractivity contribution in [3.8, 4) is 11.4 Å². The smallest absolute Gasteiger partial charge is 0.273 e. The SMILES string of the molecule is Cc1c(C(=O)NC(=S)Nc2cc(-c3nc4ccccc4[nH]3)ccc2Cl)cccc1[N+](=O)[O-]. The molecule has 0 saturated carbocycles. The molecule has 0 atom stereocenters. The molecule has 32 heavy (non-hydrogen) atoms. The minimum Gasteiger partial charge on any atom is -0.338 e. The van der Waals surface area contributed by atoms with Crippen molar-refractivity contribution in [3.05, 3.63) is 86.9 Å². The molecule has 4 aromatic rings. The van der Waals surface area contributed by atoms with Crippen molar-refractivity contribution in [3.63, 3.8) is 0 Å². The van der Waals surface area contributed by atoms with E-state index in [4.69, 9.17) is 23.8 Å². The zero-order chi connectivity index (χ0) is 22.8. The van der Waals surface area contributed by atoms with Crippen LogP contribution in [0.15, 0.2) is 60.7 Å². The number of nitrogens with zero attached hydrogens (tertiary/aromatic N) is 2.